The van der Waals surface area contributed by atoms with Crippen molar-refractivity contribution < 1.29 is 4.79 Å². The van der Waals surface area contributed by atoms with E-state index in [0.717, 1.165) is 0 Å². The lowest BCUT2D eigenvalue weighted by atomic mass is 10.2. The van der Waals surface area contributed by atoms with Crippen LogP contribution in [0.2, 0.25) is 10.3 Å². The van der Waals surface area contributed by atoms with Gasteiger partial charge >= 0.3 is 0 Å². The maximum atomic E-state index is 11.8. The monoisotopic (exact) mass is 268 g/mol. The van der Waals surface area contributed by atoms with E-state index in [4.69, 9.17) is 23.2 Å². The van der Waals surface area contributed by atoms with Gasteiger partial charge in [-0.1, -0.05) is 23.2 Å². The van der Waals surface area contributed by atoms with Crippen molar-refractivity contribution >= 4 is 34.9 Å². The lowest BCUT2D eigenvalue weighted by Crippen LogP contribution is -2.13. The van der Waals surface area contributed by atoms with E-state index < -0.39 is 0 Å². The van der Waals surface area contributed by atoms with E-state index in [1.807, 2.05) is 0 Å². The van der Waals surface area contributed by atoms with Gasteiger partial charge in [0.15, 0.2) is 5.82 Å². The molecule has 0 aromatic carbocycles. The predicted molar refractivity (Wildman–Crippen MR) is 64.2 cm³/mol. The SMILES string of the molecule is O=C(Nc1cccnn1)c1cc(Cl)nc(Cl)c1. The van der Waals surface area contributed by atoms with E-state index in [0.29, 0.717) is 11.4 Å². The highest BCUT2D eigenvalue weighted by atomic mass is 35.5. The van der Waals surface area contributed by atoms with E-state index in [9.17, 15) is 4.79 Å². The molecule has 0 fully saturated rings. The Morgan fingerprint density at radius 2 is 1.94 bits per heavy atom. The lowest BCUT2D eigenvalue weighted by Gasteiger charge is -2.03. The third-order valence-electron chi connectivity index (χ3n) is 1.84. The standard InChI is InChI=1S/C10H6Cl2N4O/c11-7-4-6(5-8(12)14-7)10(17)15-9-2-1-3-13-16-9/h1-5H,(H,15,16,17). The van der Waals surface area contributed by atoms with Crippen molar-refractivity contribution in [1.29, 1.82) is 0 Å². The number of carbonyl (C=O) groups excluding carboxylic acids is 1. The van der Waals surface area contributed by atoms with Gasteiger partial charge in [-0.2, -0.15) is 5.10 Å². The number of aromatic nitrogens is 3. The molecule has 5 nitrogen and oxygen atoms in total. The van der Waals surface area contributed by atoms with Crippen LogP contribution in [0.5, 0.6) is 0 Å². The summed E-state index contributed by atoms with van der Waals surface area (Å²) in [7, 11) is 0. The zero-order valence-corrected chi connectivity index (χ0v) is 9.90. The van der Waals surface area contributed by atoms with Crippen LogP contribution >= 0.6 is 23.2 Å². The summed E-state index contributed by atoms with van der Waals surface area (Å²) in [5.41, 5.74) is 0.306. The number of halogens is 2. The Kier molecular flexibility index (Phi) is 3.51. The first-order valence-corrected chi connectivity index (χ1v) is 5.33. The van der Waals surface area contributed by atoms with Crippen molar-refractivity contribution in [3.05, 3.63) is 46.3 Å². The molecule has 1 N–H and O–H groups in total. The summed E-state index contributed by atoms with van der Waals surface area (Å²) in [6, 6.07) is 6.11. The maximum Gasteiger partial charge on any atom is 0.257 e. The summed E-state index contributed by atoms with van der Waals surface area (Å²) >= 11 is 11.4. The van der Waals surface area contributed by atoms with Crippen LogP contribution in [0.15, 0.2) is 30.5 Å². The van der Waals surface area contributed by atoms with E-state index >= 15 is 0 Å². The molecule has 0 aliphatic carbocycles. The molecule has 86 valence electrons. The predicted octanol–water partition coefficient (Wildman–Crippen LogP) is 2.43. The van der Waals surface area contributed by atoms with Crippen LogP contribution in [-0.2, 0) is 0 Å². The molecule has 0 saturated heterocycles. The van der Waals surface area contributed by atoms with Gasteiger partial charge in [0, 0.05) is 11.8 Å². The number of hydrogen-bond donors (Lipinski definition) is 1. The first-order chi connectivity index (χ1) is 8.15. The molecule has 17 heavy (non-hydrogen) atoms. The fourth-order valence-electron chi connectivity index (χ4n) is 1.15. The number of pyridine rings is 1. The van der Waals surface area contributed by atoms with Gasteiger partial charge in [0.05, 0.1) is 0 Å². The number of amides is 1. The number of nitrogens with one attached hydrogen (secondary N) is 1. The molecular weight excluding hydrogens is 263 g/mol. The Morgan fingerprint density at radius 3 is 2.53 bits per heavy atom. The van der Waals surface area contributed by atoms with E-state index in [-0.39, 0.29) is 16.2 Å². The van der Waals surface area contributed by atoms with Gasteiger partial charge < -0.3 is 5.32 Å². The van der Waals surface area contributed by atoms with Gasteiger partial charge in [0.25, 0.3) is 5.91 Å². The zero-order chi connectivity index (χ0) is 12.3. The van der Waals surface area contributed by atoms with E-state index in [2.05, 4.69) is 20.5 Å². The van der Waals surface area contributed by atoms with Gasteiger partial charge in [-0.15, -0.1) is 5.10 Å². The molecule has 0 aliphatic rings. The first-order valence-electron chi connectivity index (χ1n) is 4.57. The molecule has 0 atom stereocenters. The normalized spacial score (nSPS) is 10.0. The quantitative estimate of drug-likeness (QED) is 0.850. The summed E-state index contributed by atoms with van der Waals surface area (Å²) in [6.07, 6.45) is 1.51. The third kappa shape index (κ3) is 3.12. The van der Waals surface area contributed by atoms with Crippen molar-refractivity contribution in [3.8, 4) is 0 Å². The molecule has 0 aliphatic heterocycles. The minimum atomic E-state index is -0.378. The summed E-state index contributed by atoms with van der Waals surface area (Å²) in [5.74, 6) is -0.0294. The maximum absolute atomic E-state index is 11.8. The molecule has 0 bridgehead atoms. The molecule has 0 radical (unpaired) electrons. The van der Waals surface area contributed by atoms with Gasteiger partial charge in [0.2, 0.25) is 0 Å². The molecule has 0 spiro atoms. The van der Waals surface area contributed by atoms with Crippen LogP contribution in [0, 0.1) is 0 Å². The number of hydrogen-bond acceptors (Lipinski definition) is 4. The molecule has 2 aromatic rings. The van der Waals surface area contributed by atoms with Crippen molar-refractivity contribution in [2.75, 3.05) is 5.32 Å². The van der Waals surface area contributed by atoms with Crippen LogP contribution in [-0.4, -0.2) is 21.1 Å². The molecular formula is C10H6Cl2N4O. The van der Waals surface area contributed by atoms with E-state index in [1.54, 1.807) is 12.1 Å². The Morgan fingerprint density at radius 1 is 1.24 bits per heavy atom. The second-order valence-corrected chi connectivity index (χ2v) is 3.84. The molecule has 0 saturated carbocycles. The second kappa shape index (κ2) is 5.07. The Bertz CT molecular complexity index is 527. The van der Waals surface area contributed by atoms with Gasteiger partial charge in [-0.3, -0.25) is 4.79 Å². The van der Waals surface area contributed by atoms with E-state index in [1.165, 1.54) is 18.3 Å². The summed E-state index contributed by atoms with van der Waals surface area (Å²) in [6.45, 7) is 0. The third-order valence-corrected chi connectivity index (χ3v) is 2.23. The van der Waals surface area contributed by atoms with Crippen molar-refractivity contribution in [2.45, 2.75) is 0 Å². The number of nitrogens with zero attached hydrogens (tertiary/aromatic N) is 3. The molecule has 7 heteroatoms. The first kappa shape index (κ1) is 11.8. The lowest BCUT2D eigenvalue weighted by molar-refractivity contribution is 0.102. The Hall–Kier alpha value is -1.72. The van der Waals surface area contributed by atoms with Gasteiger partial charge in [-0.25, -0.2) is 4.98 Å². The van der Waals surface area contributed by atoms with Crippen molar-refractivity contribution in [1.82, 2.24) is 15.2 Å². The van der Waals surface area contributed by atoms with Crippen LogP contribution < -0.4 is 5.32 Å². The Labute approximate surface area is 107 Å². The second-order valence-electron chi connectivity index (χ2n) is 3.06. The Balaban J connectivity index is 2.20. The molecule has 2 heterocycles. The van der Waals surface area contributed by atoms with Gasteiger partial charge in [-0.05, 0) is 24.3 Å². The average molecular weight is 269 g/mol. The topological polar surface area (TPSA) is 67.8 Å². The minimum Gasteiger partial charge on any atom is -0.305 e. The van der Waals surface area contributed by atoms with Crippen LogP contribution in [0.4, 0.5) is 5.82 Å². The molecule has 2 rings (SSSR count). The summed E-state index contributed by atoms with van der Waals surface area (Å²) in [5, 5.41) is 10.2. The summed E-state index contributed by atoms with van der Waals surface area (Å²) < 4.78 is 0. The van der Waals surface area contributed by atoms with Crippen LogP contribution in [0.25, 0.3) is 0 Å². The molecule has 0 unspecified atom stereocenters. The number of rotatable bonds is 2. The fraction of sp³-hybridized carbons (Fsp3) is 0. The highest BCUT2D eigenvalue weighted by Gasteiger charge is 2.09. The average Bonchev–Trinajstić information content (AvgIpc) is 2.29. The highest BCUT2D eigenvalue weighted by molar-refractivity contribution is 6.33. The number of anilines is 1. The number of carbonyl (C=O) groups is 1. The highest BCUT2D eigenvalue weighted by Crippen LogP contribution is 2.15. The molecule has 1 amide bonds. The van der Waals surface area contributed by atoms with Crippen LogP contribution in [0.3, 0.4) is 0 Å². The summed E-state index contributed by atoms with van der Waals surface area (Å²) in [4.78, 5) is 15.5. The van der Waals surface area contributed by atoms with Crippen molar-refractivity contribution in [2.24, 2.45) is 0 Å². The smallest absolute Gasteiger partial charge is 0.257 e. The van der Waals surface area contributed by atoms with Crippen molar-refractivity contribution in [3.63, 3.8) is 0 Å². The van der Waals surface area contributed by atoms with Gasteiger partial charge in [0.1, 0.15) is 10.3 Å². The minimum absolute atomic E-state index is 0.154. The van der Waals surface area contributed by atoms with Crippen LogP contribution in [0.1, 0.15) is 10.4 Å². The molecule has 2 aromatic heterocycles. The largest absolute Gasteiger partial charge is 0.305 e. The fourth-order valence-corrected chi connectivity index (χ4v) is 1.61. The zero-order valence-electron chi connectivity index (χ0n) is 8.39.